The minimum absolute atomic E-state index is 0.132. The van der Waals surface area contributed by atoms with Crippen LogP contribution in [0.3, 0.4) is 0 Å². The van der Waals surface area contributed by atoms with E-state index < -0.39 is 5.97 Å². The molecule has 1 aliphatic heterocycles. The van der Waals surface area contributed by atoms with Crippen molar-refractivity contribution in [3.63, 3.8) is 0 Å². The van der Waals surface area contributed by atoms with Gasteiger partial charge in [0.1, 0.15) is 11.4 Å². The number of carbonyl (C=O) groups excluding carboxylic acids is 1. The minimum atomic E-state index is -1.01. The van der Waals surface area contributed by atoms with Gasteiger partial charge in [0, 0.05) is 65.0 Å². The molecule has 11 heteroatoms. The van der Waals surface area contributed by atoms with E-state index >= 15 is 4.79 Å². The van der Waals surface area contributed by atoms with E-state index in [2.05, 4.69) is 23.0 Å². The lowest BCUT2D eigenvalue weighted by Gasteiger charge is -2.34. The molecule has 3 aromatic carbocycles. The van der Waals surface area contributed by atoms with Gasteiger partial charge in [-0.15, -0.1) is 0 Å². The van der Waals surface area contributed by atoms with Crippen molar-refractivity contribution in [2.75, 3.05) is 18.1 Å². The molecular weight excluding hydrogens is 697 g/mol. The molecule has 0 fully saturated rings. The van der Waals surface area contributed by atoms with Crippen LogP contribution in [0, 0.1) is 27.7 Å². The molecule has 270 valence electrons. The zero-order valence-electron chi connectivity index (χ0n) is 30.6. The third-order valence-electron chi connectivity index (χ3n) is 10.4. The predicted molar refractivity (Wildman–Crippen MR) is 209 cm³/mol. The van der Waals surface area contributed by atoms with Crippen molar-refractivity contribution in [3.8, 4) is 16.9 Å². The van der Waals surface area contributed by atoms with Crippen LogP contribution in [0.25, 0.3) is 32.9 Å². The van der Waals surface area contributed by atoms with Gasteiger partial charge < -0.3 is 23.9 Å². The molecule has 9 nitrogen and oxygen atoms in total. The van der Waals surface area contributed by atoms with Crippen LogP contribution >= 0.6 is 23.2 Å². The first-order valence-corrected chi connectivity index (χ1v) is 18.5. The Morgan fingerprint density at radius 2 is 1.75 bits per heavy atom. The number of amides is 1. The third kappa shape index (κ3) is 5.84. The summed E-state index contributed by atoms with van der Waals surface area (Å²) in [6.45, 7) is 13.8. The lowest BCUT2D eigenvalue weighted by Crippen LogP contribution is -2.42. The first-order chi connectivity index (χ1) is 24.8. The molecule has 1 aliphatic rings. The zero-order valence-corrected chi connectivity index (χ0v) is 32.1. The van der Waals surface area contributed by atoms with Gasteiger partial charge >= 0.3 is 5.97 Å². The highest BCUT2D eigenvalue weighted by atomic mass is 35.5. The molecule has 52 heavy (non-hydrogen) atoms. The fourth-order valence-corrected chi connectivity index (χ4v) is 8.35. The quantitative estimate of drug-likeness (QED) is 0.141. The van der Waals surface area contributed by atoms with Crippen LogP contribution in [0.4, 0.5) is 5.69 Å². The summed E-state index contributed by atoms with van der Waals surface area (Å²) < 4.78 is 12.4. The molecule has 0 bridgehead atoms. The number of anilines is 1. The largest absolute Gasteiger partial charge is 0.494 e. The van der Waals surface area contributed by atoms with Crippen LogP contribution in [0.1, 0.15) is 81.7 Å². The Kier molecular flexibility index (Phi) is 9.38. The van der Waals surface area contributed by atoms with E-state index in [1.807, 2.05) is 80.9 Å². The van der Waals surface area contributed by atoms with Crippen molar-refractivity contribution in [1.29, 1.82) is 0 Å². The smallest absolute Gasteiger partial charge is 0.335 e. The van der Waals surface area contributed by atoms with Gasteiger partial charge in [-0.2, -0.15) is 5.10 Å². The number of carbonyl (C=O) groups is 2. The van der Waals surface area contributed by atoms with Gasteiger partial charge in [0.2, 0.25) is 0 Å². The van der Waals surface area contributed by atoms with Crippen LogP contribution < -0.4 is 9.64 Å². The number of carboxylic acid groups (broad SMARTS) is 1. The van der Waals surface area contributed by atoms with E-state index in [-0.39, 0.29) is 17.5 Å². The number of nitrogens with zero attached hydrogens (tertiary/aromatic N) is 5. The summed E-state index contributed by atoms with van der Waals surface area (Å²) >= 11 is 13.5. The monoisotopic (exact) mass is 739 g/mol. The van der Waals surface area contributed by atoms with Crippen molar-refractivity contribution in [3.05, 3.63) is 98.0 Å². The second kappa shape index (κ2) is 13.7. The molecule has 1 N–H and O–H groups in total. The molecule has 0 aliphatic carbocycles. The highest BCUT2D eigenvalue weighted by Gasteiger charge is 2.37. The Hall–Kier alpha value is -4.73. The number of aryl methyl sites for hydroxylation is 6. The Labute approximate surface area is 313 Å². The van der Waals surface area contributed by atoms with Crippen LogP contribution in [-0.2, 0) is 20.0 Å². The van der Waals surface area contributed by atoms with Crippen LogP contribution in [0.2, 0.25) is 10.0 Å². The summed E-state index contributed by atoms with van der Waals surface area (Å²) in [5.41, 5.74) is 9.87. The molecule has 1 atom stereocenters. The normalized spacial score (nSPS) is 14.5. The Balaban J connectivity index is 1.38. The number of aromatic nitrogens is 4. The van der Waals surface area contributed by atoms with E-state index in [1.54, 1.807) is 12.1 Å². The standard InChI is InChI=1S/C41H43Cl2N5O4/c1-8-15-46-21-34(31-19-27(41(50)51)11-14-33(31)46)47-20-24(4)48-38-30(12-13-32(42)36(38)35-25(5)44-45(7)26(35)6)29(39(48)40(47)49)10-9-16-52-28-17-22(2)37(43)23(3)18-28/h11-14,17-19,21,24H,8-10,15-16,20H2,1-7H3,(H,50,51). The maximum atomic E-state index is 15.1. The molecule has 1 amide bonds. The van der Waals surface area contributed by atoms with E-state index in [1.165, 1.54) is 0 Å². The molecule has 1 unspecified atom stereocenters. The average Bonchev–Trinajstić information content (AvgIpc) is 3.72. The van der Waals surface area contributed by atoms with Crippen molar-refractivity contribution in [1.82, 2.24) is 18.9 Å². The second-order valence-corrected chi connectivity index (χ2v) is 14.8. The van der Waals surface area contributed by atoms with E-state index in [0.717, 1.165) is 84.7 Å². The Morgan fingerprint density at radius 3 is 2.40 bits per heavy atom. The fourth-order valence-electron chi connectivity index (χ4n) is 7.99. The number of benzene rings is 3. The summed E-state index contributed by atoms with van der Waals surface area (Å²) in [6.07, 6.45) is 4.14. The summed E-state index contributed by atoms with van der Waals surface area (Å²) in [7, 11) is 1.93. The van der Waals surface area contributed by atoms with E-state index in [9.17, 15) is 9.90 Å². The zero-order chi connectivity index (χ0) is 37.2. The van der Waals surface area contributed by atoms with Gasteiger partial charge in [0.15, 0.2) is 0 Å². The number of aromatic carboxylic acids is 1. The molecule has 0 radical (unpaired) electrons. The number of rotatable bonds is 10. The van der Waals surface area contributed by atoms with Gasteiger partial charge in [-0.05, 0) is 107 Å². The summed E-state index contributed by atoms with van der Waals surface area (Å²) in [5, 5.41) is 17.6. The SMILES string of the molecule is CCCn1cc(N2CC(C)n3c(c(CCCOc4cc(C)c(Cl)c(C)c4)c4ccc(Cl)c(-c5c(C)nn(C)c5C)c43)C2=O)c2cc(C(=O)O)ccc21. The van der Waals surface area contributed by atoms with Crippen molar-refractivity contribution >= 4 is 62.6 Å². The maximum absolute atomic E-state index is 15.1. The number of halogens is 2. The number of hydrogen-bond donors (Lipinski definition) is 1. The second-order valence-electron chi connectivity index (χ2n) is 14.0. The maximum Gasteiger partial charge on any atom is 0.335 e. The van der Waals surface area contributed by atoms with Crippen molar-refractivity contribution in [2.45, 2.75) is 73.4 Å². The minimum Gasteiger partial charge on any atom is -0.494 e. The van der Waals surface area contributed by atoms with Crippen LogP contribution in [0.15, 0.2) is 48.7 Å². The lowest BCUT2D eigenvalue weighted by atomic mass is 9.98. The fraction of sp³-hybridized carbons (Fsp3) is 0.341. The number of fused-ring (bicyclic) bond motifs is 4. The van der Waals surface area contributed by atoms with Crippen LogP contribution in [-0.4, -0.2) is 49.0 Å². The number of hydrogen-bond acceptors (Lipinski definition) is 4. The van der Waals surface area contributed by atoms with Gasteiger partial charge in [-0.1, -0.05) is 36.2 Å². The number of ether oxygens (including phenoxy) is 1. The van der Waals surface area contributed by atoms with Gasteiger partial charge in [-0.25, -0.2) is 4.79 Å². The van der Waals surface area contributed by atoms with Crippen molar-refractivity contribution in [2.24, 2.45) is 7.05 Å². The molecule has 6 aromatic rings. The van der Waals surface area contributed by atoms with E-state index in [4.69, 9.17) is 33.0 Å². The average molecular weight is 741 g/mol. The topological polar surface area (TPSA) is 94.5 Å². The third-order valence-corrected chi connectivity index (χ3v) is 11.3. The highest BCUT2D eigenvalue weighted by Crippen LogP contribution is 2.46. The molecule has 7 rings (SSSR count). The van der Waals surface area contributed by atoms with Crippen molar-refractivity contribution < 1.29 is 19.4 Å². The highest BCUT2D eigenvalue weighted by molar-refractivity contribution is 6.35. The summed E-state index contributed by atoms with van der Waals surface area (Å²) in [6, 6.07) is 12.9. The Morgan fingerprint density at radius 1 is 1.02 bits per heavy atom. The molecule has 0 saturated carbocycles. The molecule has 0 saturated heterocycles. The van der Waals surface area contributed by atoms with E-state index in [0.29, 0.717) is 42.4 Å². The van der Waals surface area contributed by atoms with Gasteiger partial charge in [0.05, 0.1) is 39.6 Å². The predicted octanol–water partition coefficient (Wildman–Crippen LogP) is 9.88. The Bertz CT molecular complexity index is 2400. The number of carboxylic acids is 1. The molecule has 4 heterocycles. The lowest BCUT2D eigenvalue weighted by molar-refractivity contribution is 0.0696. The molecule has 0 spiro atoms. The molecular formula is C41H43Cl2N5O4. The summed E-state index contributed by atoms with van der Waals surface area (Å²) in [5.74, 6) is -0.375. The van der Waals surface area contributed by atoms with Crippen LogP contribution in [0.5, 0.6) is 5.75 Å². The van der Waals surface area contributed by atoms with Gasteiger partial charge in [0.25, 0.3) is 5.91 Å². The first kappa shape index (κ1) is 35.7. The molecule has 3 aromatic heterocycles. The summed E-state index contributed by atoms with van der Waals surface area (Å²) in [4.78, 5) is 29.0. The first-order valence-electron chi connectivity index (χ1n) is 17.8. The van der Waals surface area contributed by atoms with Gasteiger partial charge in [-0.3, -0.25) is 9.48 Å².